The van der Waals surface area contributed by atoms with Gasteiger partial charge < -0.3 is 14.5 Å². The molecule has 0 spiro atoms. The van der Waals surface area contributed by atoms with Gasteiger partial charge in [0, 0.05) is 13.2 Å². The van der Waals surface area contributed by atoms with Crippen molar-refractivity contribution < 1.29 is 17.6 Å². The summed E-state index contributed by atoms with van der Waals surface area (Å²) in [5.74, 6) is 1.04. The number of sulfonamides is 1. The summed E-state index contributed by atoms with van der Waals surface area (Å²) >= 11 is 0. The molecule has 1 heterocycles. The molecule has 7 heteroatoms. The van der Waals surface area contributed by atoms with E-state index < -0.39 is 10.0 Å². The Morgan fingerprint density at radius 3 is 2.75 bits per heavy atom. The Hall–Kier alpha value is -0.890. The van der Waals surface area contributed by atoms with Crippen molar-refractivity contribution >= 4 is 10.0 Å². The largest absolute Gasteiger partial charge is 0.447 e. The Bertz CT molecular complexity index is 482. The van der Waals surface area contributed by atoms with E-state index in [1.54, 1.807) is 6.07 Å². The molecule has 0 radical (unpaired) electrons. The van der Waals surface area contributed by atoms with Gasteiger partial charge in [-0.3, -0.25) is 0 Å². The van der Waals surface area contributed by atoms with Crippen LogP contribution in [0.15, 0.2) is 21.6 Å². The van der Waals surface area contributed by atoms with Gasteiger partial charge in [-0.15, -0.1) is 0 Å². The quantitative estimate of drug-likeness (QED) is 0.638. The molecule has 0 aliphatic heterocycles. The molecule has 1 aromatic rings. The van der Waals surface area contributed by atoms with Gasteiger partial charge in [0.05, 0.1) is 13.2 Å². The molecule has 6 nitrogen and oxygen atoms in total. The van der Waals surface area contributed by atoms with Crippen molar-refractivity contribution in [1.82, 2.24) is 10.0 Å². The normalized spacial score (nSPS) is 12.2. The van der Waals surface area contributed by atoms with E-state index in [-0.39, 0.29) is 11.6 Å². The maximum atomic E-state index is 11.9. The molecule has 0 aliphatic carbocycles. The minimum absolute atomic E-state index is 0.0609. The molecule has 20 heavy (non-hydrogen) atoms. The first-order valence-electron chi connectivity index (χ1n) is 6.82. The van der Waals surface area contributed by atoms with Crippen molar-refractivity contribution in [2.24, 2.45) is 5.92 Å². The average Bonchev–Trinajstić information content (AvgIpc) is 2.85. The summed E-state index contributed by atoms with van der Waals surface area (Å²) in [6.07, 6.45) is 0. The molecule has 1 aromatic heterocycles. The number of furan rings is 1. The lowest BCUT2D eigenvalue weighted by Gasteiger charge is -2.07. The summed E-state index contributed by atoms with van der Waals surface area (Å²) in [7, 11) is -3.59. The number of nitrogens with one attached hydrogen (secondary N) is 2. The van der Waals surface area contributed by atoms with Gasteiger partial charge in [0.25, 0.3) is 10.0 Å². The summed E-state index contributed by atoms with van der Waals surface area (Å²) in [5.41, 5.74) is 0. The van der Waals surface area contributed by atoms with Crippen LogP contribution in [-0.4, -0.2) is 34.7 Å². The Morgan fingerprint density at radius 2 is 2.10 bits per heavy atom. The van der Waals surface area contributed by atoms with Gasteiger partial charge in [-0.2, -0.15) is 0 Å². The molecule has 0 saturated carbocycles. The van der Waals surface area contributed by atoms with Crippen LogP contribution in [0.4, 0.5) is 0 Å². The van der Waals surface area contributed by atoms with Gasteiger partial charge in [-0.25, -0.2) is 13.1 Å². The third kappa shape index (κ3) is 6.04. The van der Waals surface area contributed by atoms with Crippen molar-refractivity contribution in [1.29, 1.82) is 0 Å². The minimum Gasteiger partial charge on any atom is -0.447 e. The lowest BCUT2D eigenvalue weighted by atomic mass is 10.2. The van der Waals surface area contributed by atoms with Crippen LogP contribution in [0.1, 0.15) is 26.5 Å². The molecule has 2 N–H and O–H groups in total. The summed E-state index contributed by atoms with van der Waals surface area (Å²) in [6.45, 7) is 8.57. The lowest BCUT2D eigenvalue weighted by molar-refractivity contribution is 0.114. The fraction of sp³-hybridized carbons (Fsp3) is 0.692. The van der Waals surface area contributed by atoms with E-state index in [0.717, 1.165) is 6.54 Å². The van der Waals surface area contributed by atoms with Crippen LogP contribution in [0.2, 0.25) is 0 Å². The Kier molecular flexibility index (Phi) is 7.22. The summed E-state index contributed by atoms with van der Waals surface area (Å²) < 4.78 is 36.9. The zero-order valence-electron chi connectivity index (χ0n) is 12.3. The smallest absolute Gasteiger partial charge is 0.274 e. The van der Waals surface area contributed by atoms with Crippen LogP contribution in [0.25, 0.3) is 0 Å². The van der Waals surface area contributed by atoms with Crippen molar-refractivity contribution in [3.05, 3.63) is 17.9 Å². The molecule has 0 amide bonds. The van der Waals surface area contributed by atoms with Gasteiger partial charge in [0.1, 0.15) is 5.76 Å². The Morgan fingerprint density at radius 1 is 1.35 bits per heavy atom. The molecule has 0 saturated heterocycles. The second kappa shape index (κ2) is 8.41. The summed E-state index contributed by atoms with van der Waals surface area (Å²) in [6, 6.07) is 3.12. The SMILES string of the molecule is CCNCc1ccc(S(=O)(=O)NCCOCC(C)C)o1. The Balaban J connectivity index is 2.41. The third-order valence-corrected chi connectivity index (χ3v) is 3.77. The van der Waals surface area contributed by atoms with Gasteiger partial charge in [-0.05, 0) is 24.6 Å². The van der Waals surface area contributed by atoms with Crippen LogP contribution in [0.5, 0.6) is 0 Å². The molecule has 0 aromatic carbocycles. The predicted octanol–water partition coefficient (Wildman–Crippen LogP) is 1.34. The molecule has 0 atom stereocenters. The van der Waals surface area contributed by atoms with Crippen LogP contribution < -0.4 is 10.0 Å². The highest BCUT2D eigenvalue weighted by Gasteiger charge is 2.17. The van der Waals surface area contributed by atoms with E-state index in [0.29, 0.717) is 31.4 Å². The van der Waals surface area contributed by atoms with Gasteiger partial charge in [0.15, 0.2) is 0 Å². The monoisotopic (exact) mass is 304 g/mol. The number of hydrogen-bond donors (Lipinski definition) is 2. The van der Waals surface area contributed by atoms with Crippen LogP contribution >= 0.6 is 0 Å². The number of hydrogen-bond acceptors (Lipinski definition) is 5. The maximum Gasteiger partial charge on any atom is 0.274 e. The second-order valence-electron chi connectivity index (χ2n) is 4.87. The highest BCUT2D eigenvalue weighted by Crippen LogP contribution is 2.13. The molecule has 0 bridgehead atoms. The van der Waals surface area contributed by atoms with E-state index in [2.05, 4.69) is 10.0 Å². The standard InChI is InChI=1S/C13H24N2O4S/c1-4-14-9-12-5-6-13(19-12)20(16,17)15-7-8-18-10-11(2)3/h5-6,11,14-15H,4,7-10H2,1-3H3. The van der Waals surface area contributed by atoms with Crippen LogP contribution in [0, 0.1) is 5.92 Å². The van der Waals surface area contributed by atoms with E-state index >= 15 is 0 Å². The van der Waals surface area contributed by atoms with Crippen molar-refractivity contribution in [3.63, 3.8) is 0 Å². The van der Waals surface area contributed by atoms with Gasteiger partial charge in [0.2, 0.25) is 5.09 Å². The topological polar surface area (TPSA) is 80.6 Å². The predicted molar refractivity (Wildman–Crippen MR) is 76.9 cm³/mol. The van der Waals surface area contributed by atoms with Crippen LogP contribution in [-0.2, 0) is 21.3 Å². The Labute approximate surface area is 120 Å². The second-order valence-corrected chi connectivity index (χ2v) is 6.57. The van der Waals surface area contributed by atoms with E-state index in [1.807, 2.05) is 20.8 Å². The molecular weight excluding hydrogens is 280 g/mol. The average molecular weight is 304 g/mol. The zero-order valence-corrected chi connectivity index (χ0v) is 13.1. The van der Waals surface area contributed by atoms with Crippen molar-refractivity contribution in [3.8, 4) is 0 Å². The minimum atomic E-state index is -3.59. The first kappa shape index (κ1) is 17.2. The summed E-state index contributed by atoms with van der Waals surface area (Å²) in [4.78, 5) is 0. The van der Waals surface area contributed by atoms with Crippen molar-refractivity contribution in [2.45, 2.75) is 32.4 Å². The van der Waals surface area contributed by atoms with E-state index in [1.165, 1.54) is 6.07 Å². The molecule has 116 valence electrons. The summed E-state index contributed by atoms with van der Waals surface area (Å²) in [5, 5.41) is 3.01. The fourth-order valence-corrected chi connectivity index (χ4v) is 2.44. The molecule has 0 fully saturated rings. The molecule has 0 unspecified atom stereocenters. The zero-order chi connectivity index (χ0) is 15.0. The highest BCUT2D eigenvalue weighted by molar-refractivity contribution is 7.89. The van der Waals surface area contributed by atoms with E-state index in [4.69, 9.17) is 9.15 Å². The van der Waals surface area contributed by atoms with Crippen LogP contribution in [0.3, 0.4) is 0 Å². The number of rotatable bonds is 10. The lowest BCUT2D eigenvalue weighted by Crippen LogP contribution is -2.27. The van der Waals surface area contributed by atoms with Gasteiger partial charge in [-0.1, -0.05) is 20.8 Å². The highest BCUT2D eigenvalue weighted by atomic mass is 32.2. The van der Waals surface area contributed by atoms with E-state index in [9.17, 15) is 8.42 Å². The molecule has 1 rings (SSSR count). The van der Waals surface area contributed by atoms with Crippen molar-refractivity contribution in [2.75, 3.05) is 26.3 Å². The van der Waals surface area contributed by atoms with Gasteiger partial charge >= 0.3 is 0 Å². The first-order valence-corrected chi connectivity index (χ1v) is 8.31. The maximum absolute atomic E-state index is 11.9. The fourth-order valence-electron chi connectivity index (χ4n) is 1.48. The molecule has 0 aliphatic rings. The third-order valence-electron chi connectivity index (χ3n) is 2.44. The first-order chi connectivity index (χ1) is 9.45. The number of ether oxygens (including phenoxy) is 1. The molecular formula is C13H24N2O4S.